The maximum absolute atomic E-state index is 13.2. The zero-order valence-electron chi connectivity index (χ0n) is 14.6. The van der Waals surface area contributed by atoms with Crippen LogP contribution in [0.2, 0.25) is 0 Å². The SMILES string of the molecule is O=C1Cc2cc(-c3csc(CCNC(=O)c4ccc(F)c(F)c4)n3)ccc2N1. The highest BCUT2D eigenvalue weighted by molar-refractivity contribution is 7.09. The number of hydrogen-bond acceptors (Lipinski definition) is 4. The van der Waals surface area contributed by atoms with E-state index in [4.69, 9.17) is 0 Å². The van der Waals surface area contributed by atoms with E-state index < -0.39 is 17.5 Å². The average Bonchev–Trinajstić information content (AvgIpc) is 3.28. The van der Waals surface area contributed by atoms with Gasteiger partial charge in [0.15, 0.2) is 11.6 Å². The van der Waals surface area contributed by atoms with Crippen LogP contribution in [0.15, 0.2) is 41.8 Å². The number of anilines is 1. The number of hydrogen-bond donors (Lipinski definition) is 2. The van der Waals surface area contributed by atoms with Crippen molar-refractivity contribution in [1.29, 1.82) is 0 Å². The molecule has 0 unspecified atom stereocenters. The number of carbonyl (C=O) groups excluding carboxylic acids is 2. The lowest BCUT2D eigenvalue weighted by Crippen LogP contribution is -2.25. The normalized spacial score (nSPS) is 12.6. The Labute approximate surface area is 163 Å². The third-order valence-corrected chi connectivity index (χ3v) is 5.29. The summed E-state index contributed by atoms with van der Waals surface area (Å²) in [5.74, 6) is -2.52. The van der Waals surface area contributed by atoms with E-state index in [1.54, 1.807) is 0 Å². The van der Waals surface area contributed by atoms with Crippen molar-refractivity contribution in [3.8, 4) is 11.3 Å². The lowest BCUT2D eigenvalue weighted by molar-refractivity contribution is -0.115. The third-order valence-electron chi connectivity index (χ3n) is 4.38. The number of halogens is 2. The predicted octanol–water partition coefficient (Wildman–Crippen LogP) is 3.56. The fraction of sp³-hybridized carbons (Fsp3) is 0.150. The van der Waals surface area contributed by atoms with E-state index >= 15 is 0 Å². The largest absolute Gasteiger partial charge is 0.352 e. The Kier molecular flexibility index (Phi) is 4.87. The summed E-state index contributed by atoms with van der Waals surface area (Å²) < 4.78 is 26.1. The Morgan fingerprint density at radius 3 is 2.86 bits per heavy atom. The van der Waals surface area contributed by atoms with Crippen molar-refractivity contribution in [3.63, 3.8) is 0 Å². The molecule has 142 valence electrons. The molecular formula is C20H15F2N3O2S. The number of nitrogens with one attached hydrogen (secondary N) is 2. The first-order valence-corrected chi connectivity index (χ1v) is 9.48. The summed E-state index contributed by atoms with van der Waals surface area (Å²) in [6, 6.07) is 8.78. The van der Waals surface area contributed by atoms with E-state index in [0.717, 1.165) is 39.6 Å². The second kappa shape index (κ2) is 7.47. The summed E-state index contributed by atoms with van der Waals surface area (Å²) in [6.45, 7) is 0.327. The molecule has 0 aliphatic carbocycles. The minimum atomic E-state index is -1.05. The third kappa shape index (κ3) is 3.77. The molecule has 2 aromatic carbocycles. The van der Waals surface area contributed by atoms with E-state index in [0.29, 0.717) is 19.4 Å². The number of benzene rings is 2. The van der Waals surface area contributed by atoms with Gasteiger partial charge in [-0.25, -0.2) is 13.8 Å². The van der Waals surface area contributed by atoms with Gasteiger partial charge in [-0.2, -0.15) is 0 Å². The molecule has 0 bridgehead atoms. The van der Waals surface area contributed by atoms with Crippen LogP contribution in [0.4, 0.5) is 14.5 Å². The molecule has 8 heteroatoms. The fourth-order valence-electron chi connectivity index (χ4n) is 2.97. The standard InChI is InChI=1S/C20H15F2N3O2S/c21-14-3-1-12(8-15(14)22)20(27)23-6-5-19-25-17(10-28-19)11-2-4-16-13(7-11)9-18(26)24-16/h1-4,7-8,10H,5-6,9H2,(H,23,27)(H,24,26). The molecule has 2 N–H and O–H groups in total. The highest BCUT2D eigenvalue weighted by Gasteiger charge is 2.18. The lowest BCUT2D eigenvalue weighted by atomic mass is 10.1. The van der Waals surface area contributed by atoms with Crippen LogP contribution in [0.1, 0.15) is 20.9 Å². The van der Waals surface area contributed by atoms with E-state index in [1.165, 1.54) is 17.4 Å². The number of rotatable bonds is 5. The van der Waals surface area contributed by atoms with Crippen molar-refractivity contribution in [1.82, 2.24) is 10.3 Å². The highest BCUT2D eigenvalue weighted by atomic mass is 32.1. The molecular weight excluding hydrogens is 384 g/mol. The Bertz CT molecular complexity index is 1080. The van der Waals surface area contributed by atoms with Crippen molar-refractivity contribution in [2.45, 2.75) is 12.8 Å². The molecule has 0 fully saturated rings. The number of aromatic nitrogens is 1. The van der Waals surface area contributed by atoms with Gasteiger partial charge in [-0.1, -0.05) is 6.07 Å². The molecule has 4 rings (SSSR count). The molecule has 5 nitrogen and oxygen atoms in total. The molecule has 3 aromatic rings. The van der Waals surface area contributed by atoms with Crippen molar-refractivity contribution in [2.24, 2.45) is 0 Å². The minimum absolute atomic E-state index is 0.0112. The molecule has 2 amide bonds. The zero-order valence-corrected chi connectivity index (χ0v) is 15.4. The maximum atomic E-state index is 13.2. The van der Waals surface area contributed by atoms with Gasteiger partial charge in [0.05, 0.1) is 17.1 Å². The van der Waals surface area contributed by atoms with Crippen molar-refractivity contribution in [2.75, 3.05) is 11.9 Å². The van der Waals surface area contributed by atoms with Crippen LogP contribution in [-0.2, 0) is 17.6 Å². The molecule has 0 spiro atoms. The quantitative estimate of drug-likeness (QED) is 0.689. The monoisotopic (exact) mass is 399 g/mol. The van der Waals surface area contributed by atoms with Crippen LogP contribution < -0.4 is 10.6 Å². The van der Waals surface area contributed by atoms with Crippen molar-refractivity contribution in [3.05, 3.63) is 69.5 Å². The van der Waals surface area contributed by atoms with Crippen molar-refractivity contribution >= 4 is 28.8 Å². The summed E-state index contributed by atoms with van der Waals surface area (Å²) in [5, 5.41) is 8.25. The number of fused-ring (bicyclic) bond motifs is 1. The molecule has 2 heterocycles. The van der Waals surface area contributed by atoms with Crippen LogP contribution >= 0.6 is 11.3 Å². The fourth-order valence-corrected chi connectivity index (χ4v) is 3.78. The van der Waals surface area contributed by atoms with Gasteiger partial charge in [0.1, 0.15) is 0 Å². The van der Waals surface area contributed by atoms with Crippen LogP contribution in [0.5, 0.6) is 0 Å². The first kappa shape index (κ1) is 18.2. The van der Waals surface area contributed by atoms with Gasteiger partial charge in [-0.3, -0.25) is 9.59 Å². The summed E-state index contributed by atoms with van der Waals surface area (Å²) in [4.78, 5) is 28.0. The van der Waals surface area contributed by atoms with Crippen LogP contribution in [0.25, 0.3) is 11.3 Å². The van der Waals surface area contributed by atoms with E-state index in [2.05, 4.69) is 15.6 Å². The Morgan fingerprint density at radius 1 is 1.18 bits per heavy atom. The number of carbonyl (C=O) groups is 2. The molecule has 0 atom stereocenters. The van der Waals surface area contributed by atoms with Crippen LogP contribution in [0.3, 0.4) is 0 Å². The topological polar surface area (TPSA) is 71.1 Å². The zero-order chi connectivity index (χ0) is 19.7. The van der Waals surface area contributed by atoms with Crippen molar-refractivity contribution < 1.29 is 18.4 Å². The average molecular weight is 399 g/mol. The number of thiazole rings is 1. The summed E-state index contributed by atoms with van der Waals surface area (Å²) in [5.41, 5.74) is 3.61. The number of amides is 2. The first-order chi connectivity index (χ1) is 13.5. The van der Waals surface area contributed by atoms with Gasteiger partial charge in [0.25, 0.3) is 5.91 Å². The first-order valence-electron chi connectivity index (χ1n) is 8.60. The molecule has 0 saturated heterocycles. The van der Waals surface area contributed by atoms with Gasteiger partial charge in [0.2, 0.25) is 5.91 Å². The van der Waals surface area contributed by atoms with Crippen LogP contribution in [-0.4, -0.2) is 23.3 Å². The van der Waals surface area contributed by atoms with Gasteiger partial charge < -0.3 is 10.6 Å². The molecule has 28 heavy (non-hydrogen) atoms. The Balaban J connectivity index is 1.36. The van der Waals surface area contributed by atoms with Crippen LogP contribution in [0, 0.1) is 11.6 Å². The Hall–Kier alpha value is -3.13. The Morgan fingerprint density at radius 2 is 2.04 bits per heavy atom. The van der Waals surface area contributed by atoms with Gasteiger partial charge in [-0.05, 0) is 35.9 Å². The summed E-state index contributed by atoms with van der Waals surface area (Å²) in [6.07, 6.45) is 0.890. The maximum Gasteiger partial charge on any atom is 0.251 e. The molecule has 1 aromatic heterocycles. The molecule has 1 aliphatic rings. The predicted molar refractivity (Wildman–Crippen MR) is 102 cm³/mol. The van der Waals surface area contributed by atoms with E-state index in [-0.39, 0.29) is 11.5 Å². The molecule has 0 saturated carbocycles. The van der Waals surface area contributed by atoms with E-state index in [9.17, 15) is 18.4 Å². The summed E-state index contributed by atoms with van der Waals surface area (Å²) >= 11 is 1.48. The second-order valence-corrected chi connectivity index (χ2v) is 7.30. The van der Waals surface area contributed by atoms with Gasteiger partial charge in [-0.15, -0.1) is 11.3 Å². The van der Waals surface area contributed by atoms with E-state index in [1.807, 2.05) is 23.6 Å². The second-order valence-electron chi connectivity index (χ2n) is 6.36. The minimum Gasteiger partial charge on any atom is -0.352 e. The smallest absolute Gasteiger partial charge is 0.251 e. The molecule has 1 aliphatic heterocycles. The van der Waals surface area contributed by atoms with Gasteiger partial charge >= 0.3 is 0 Å². The lowest BCUT2D eigenvalue weighted by Gasteiger charge is -2.04. The van der Waals surface area contributed by atoms with Gasteiger partial charge in [0, 0.05) is 35.2 Å². The molecule has 0 radical (unpaired) electrons. The number of nitrogens with zero attached hydrogens (tertiary/aromatic N) is 1. The summed E-state index contributed by atoms with van der Waals surface area (Å²) in [7, 11) is 0. The highest BCUT2D eigenvalue weighted by Crippen LogP contribution is 2.29.